The van der Waals surface area contributed by atoms with Crippen LogP contribution in [-0.4, -0.2) is 37.6 Å². The first-order valence-corrected chi connectivity index (χ1v) is 14.5. The zero-order chi connectivity index (χ0) is 33.7. The quantitative estimate of drug-likeness (QED) is 0.313. The van der Waals surface area contributed by atoms with Gasteiger partial charge in [-0.2, -0.15) is 0 Å². The monoisotopic (exact) mass is 608 g/mol. The second kappa shape index (κ2) is 13.7. The van der Waals surface area contributed by atoms with E-state index in [1.165, 1.54) is 34.4 Å². The second-order valence-corrected chi connectivity index (χ2v) is 12.6. The van der Waals surface area contributed by atoms with Crippen molar-refractivity contribution in [3.63, 3.8) is 0 Å². The van der Waals surface area contributed by atoms with Crippen molar-refractivity contribution < 1.29 is 28.7 Å². The first-order chi connectivity index (χ1) is 21.0. The van der Waals surface area contributed by atoms with E-state index in [1.807, 2.05) is 39.0 Å². The molecule has 2 aromatic rings. The molecule has 2 heterocycles. The second-order valence-electron chi connectivity index (χ2n) is 12.6. The molecule has 2 aliphatic heterocycles. The first kappa shape index (κ1) is 34.4. The van der Waals surface area contributed by atoms with Crippen LogP contribution in [0.2, 0.25) is 0 Å². The SMILES string of the molecule is C#Cc1cc(N2C=CC(=O)CC2=O)cc(C(C)(C)C)c1OC.CC#Cc1cc(N2C=CC(=O)CC2=O)cc(C(C)(C)C)c1OC. The van der Waals surface area contributed by atoms with Gasteiger partial charge in [-0.15, -0.1) is 12.3 Å². The summed E-state index contributed by atoms with van der Waals surface area (Å²) in [5, 5.41) is 0. The fourth-order valence-electron chi connectivity index (χ4n) is 4.92. The third kappa shape index (κ3) is 7.91. The molecule has 0 aliphatic carbocycles. The van der Waals surface area contributed by atoms with Crippen molar-refractivity contribution in [3.05, 3.63) is 71.1 Å². The smallest absolute Gasteiger partial charge is 0.238 e. The summed E-state index contributed by atoms with van der Waals surface area (Å²) in [6, 6.07) is 7.37. The van der Waals surface area contributed by atoms with E-state index < -0.39 is 0 Å². The Morgan fingerprint density at radius 2 is 1.09 bits per heavy atom. The Balaban J connectivity index is 0.000000246. The number of nitrogens with zero attached hydrogens (tertiary/aromatic N) is 2. The van der Waals surface area contributed by atoms with Gasteiger partial charge in [-0.05, 0) is 54.2 Å². The van der Waals surface area contributed by atoms with Gasteiger partial charge in [0.05, 0.1) is 49.6 Å². The summed E-state index contributed by atoms with van der Waals surface area (Å²) in [5.41, 5.74) is 4.16. The molecule has 0 saturated heterocycles. The van der Waals surface area contributed by atoms with Crippen molar-refractivity contribution >= 4 is 34.8 Å². The van der Waals surface area contributed by atoms with Gasteiger partial charge in [0.15, 0.2) is 11.6 Å². The van der Waals surface area contributed by atoms with E-state index in [-0.39, 0.29) is 47.1 Å². The molecule has 0 saturated carbocycles. The molecule has 234 valence electrons. The van der Waals surface area contributed by atoms with Crippen molar-refractivity contribution in [1.29, 1.82) is 0 Å². The van der Waals surface area contributed by atoms with E-state index in [0.717, 1.165) is 22.4 Å². The molecule has 8 nitrogen and oxygen atoms in total. The number of benzene rings is 2. The number of methoxy groups -OCH3 is 2. The highest BCUT2D eigenvalue weighted by Gasteiger charge is 2.28. The van der Waals surface area contributed by atoms with Gasteiger partial charge >= 0.3 is 0 Å². The fourth-order valence-corrected chi connectivity index (χ4v) is 4.92. The Kier molecular flexibility index (Phi) is 10.5. The molecule has 45 heavy (non-hydrogen) atoms. The summed E-state index contributed by atoms with van der Waals surface area (Å²) in [6.45, 7) is 14.1. The number of terminal acetylenes is 1. The van der Waals surface area contributed by atoms with Gasteiger partial charge in [-0.1, -0.05) is 53.4 Å². The van der Waals surface area contributed by atoms with Crippen LogP contribution in [0, 0.1) is 24.2 Å². The Morgan fingerprint density at radius 1 is 0.689 bits per heavy atom. The maximum absolute atomic E-state index is 12.2. The lowest BCUT2D eigenvalue weighted by molar-refractivity contribution is -0.126. The van der Waals surface area contributed by atoms with Crippen LogP contribution in [0.25, 0.3) is 0 Å². The summed E-state index contributed by atoms with van der Waals surface area (Å²) < 4.78 is 11.0. The van der Waals surface area contributed by atoms with E-state index >= 15 is 0 Å². The average molecular weight is 609 g/mol. The van der Waals surface area contributed by atoms with E-state index in [0.29, 0.717) is 22.7 Å². The molecule has 0 fully saturated rings. The molecular weight excluding hydrogens is 568 g/mol. The Hall–Kier alpha value is -5.08. The minimum absolute atomic E-state index is 0.109. The van der Waals surface area contributed by atoms with Gasteiger partial charge in [0.25, 0.3) is 0 Å². The minimum atomic E-state index is -0.263. The molecular formula is C37H40N2O6. The van der Waals surface area contributed by atoms with Crippen molar-refractivity contribution in [3.8, 4) is 35.7 Å². The third-order valence-electron chi connectivity index (χ3n) is 7.15. The van der Waals surface area contributed by atoms with E-state index in [9.17, 15) is 19.2 Å². The number of rotatable bonds is 4. The van der Waals surface area contributed by atoms with Crippen LogP contribution in [0.3, 0.4) is 0 Å². The lowest BCUT2D eigenvalue weighted by Crippen LogP contribution is -2.31. The third-order valence-corrected chi connectivity index (χ3v) is 7.15. The van der Waals surface area contributed by atoms with Crippen LogP contribution in [0.15, 0.2) is 48.8 Å². The summed E-state index contributed by atoms with van der Waals surface area (Å²) in [5.74, 6) is 9.02. The molecule has 0 N–H and O–H groups in total. The molecule has 2 aliphatic rings. The predicted molar refractivity (Wildman–Crippen MR) is 176 cm³/mol. The van der Waals surface area contributed by atoms with Crippen LogP contribution < -0.4 is 19.3 Å². The van der Waals surface area contributed by atoms with Crippen LogP contribution in [0.5, 0.6) is 11.5 Å². The fraction of sp³-hybridized carbons (Fsp3) is 0.351. The van der Waals surface area contributed by atoms with Crippen molar-refractivity contribution in [2.45, 2.75) is 72.1 Å². The molecule has 0 aromatic heterocycles. The number of carbonyl (C=O) groups excluding carboxylic acids is 4. The zero-order valence-corrected chi connectivity index (χ0v) is 27.5. The highest BCUT2D eigenvalue weighted by molar-refractivity contribution is 6.14. The number of allylic oxidation sites excluding steroid dienone is 2. The zero-order valence-electron chi connectivity index (χ0n) is 27.5. The maximum atomic E-state index is 12.2. The number of anilines is 2. The van der Waals surface area contributed by atoms with Gasteiger partial charge in [-0.3, -0.25) is 29.0 Å². The van der Waals surface area contributed by atoms with Crippen LogP contribution in [0.1, 0.15) is 83.6 Å². The largest absolute Gasteiger partial charge is 0.495 e. The van der Waals surface area contributed by atoms with Gasteiger partial charge < -0.3 is 9.47 Å². The lowest BCUT2D eigenvalue weighted by Gasteiger charge is -2.27. The number of ether oxygens (including phenoxy) is 2. The van der Waals surface area contributed by atoms with E-state index in [4.69, 9.17) is 15.9 Å². The highest BCUT2D eigenvalue weighted by atomic mass is 16.5. The predicted octanol–water partition coefficient (Wildman–Crippen LogP) is 5.98. The average Bonchev–Trinajstić information content (AvgIpc) is 2.95. The summed E-state index contributed by atoms with van der Waals surface area (Å²) in [4.78, 5) is 49.9. The first-order valence-electron chi connectivity index (χ1n) is 14.5. The molecule has 2 aromatic carbocycles. The molecule has 8 heteroatoms. The molecule has 0 spiro atoms. The molecule has 0 radical (unpaired) electrons. The number of hydrogen-bond acceptors (Lipinski definition) is 6. The van der Waals surface area contributed by atoms with Gasteiger partial charge in [0.1, 0.15) is 11.5 Å². The summed E-state index contributed by atoms with van der Waals surface area (Å²) in [6.07, 6.45) is 11.2. The number of hydrogen-bond donors (Lipinski definition) is 0. The van der Waals surface area contributed by atoms with E-state index in [2.05, 4.69) is 38.5 Å². The van der Waals surface area contributed by atoms with Crippen LogP contribution in [-0.2, 0) is 30.0 Å². The van der Waals surface area contributed by atoms with Crippen molar-refractivity contribution in [2.24, 2.45) is 0 Å². The highest BCUT2D eigenvalue weighted by Crippen LogP contribution is 2.39. The lowest BCUT2D eigenvalue weighted by atomic mass is 9.84. The molecule has 0 atom stereocenters. The summed E-state index contributed by atoms with van der Waals surface area (Å²) >= 11 is 0. The van der Waals surface area contributed by atoms with Gasteiger partial charge in [0, 0.05) is 23.5 Å². The minimum Gasteiger partial charge on any atom is -0.495 e. The topological polar surface area (TPSA) is 93.2 Å². The Labute approximate surface area is 266 Å². The standard InChI is InChI=1S/C19H21NO3.C18H19NO3/c1-6-7-13-10-14(20-9-8-15(21)12-17(20)22)11-16(18(13)23-5)19(2,3)4;1-6-12-9-13(19-8-7-14(20)11-16(19)21)10-15(17(12)22-5)18(2,3)4/h8-11H,12H2,1-5H3;1,7-10H,11H2,2-5H3. The molecule has 4 rings (SSSR count). The number of carbonyl (C=O) groups is 4. The van der Waals surface area contributed by atoms with Crippen molar-refractivity contribution in [1.82, 2.24) is 0 Å². The van der Waals surface area contributed by atoms with E-state index in [1.54, 1.807) is 27.2 Å². The van der Waals surface area contributed by atoms with Gasteiger partial charge in [0.2, 0.25) is 11.8 Å². The molecule has 2 amide bonds. The normalized spacial score (nSPS) is 14.8. The van der Waals surface area contributed by atoms with Crippen LogP contribution in [0.4, 0.5) is 11.4 Å². The van der Waals surface area contributed by atoms with Crippen molar-refractivity contribution in [2.75, 3.05) is 24.0 Å². The molecule has 0 bridgehead atoms. The maximum Gasteiger partial charge on any atom is 0.238 e. The Morgan fingerprint density at radius 3 is 1.42 bits per heavy atom. The van der Waals surface area contributed by atoms with Gasteiger partial charge in [-0.25, -0.2) is 0 Å². The number of ketones is 2. The van der Waals surface area contributed by atoms with Crippen LogP contribution >= 0.6 is 0 Å². The molecule has 0 unspecified atom stereocenters. The Bertz CT molecular complexity index is 1700. The summed E-state index contributed by atoms with van der Waals surface area (Å²) in [7, 11) is 3.20. The number of amides is 2.